The van der Waals surface area contributed by atoms with Crippen LogP contribution in [0.3, 0.4) is 0 Å². The molecule has 0 aromatic rings. The first-order chi connectivity index (χ1) is 9.65. The van der Waals surface area contributed by atoms with Crippen molar-refractivity contribution in [3.63, 3.8) is 0 Å². The Hall–Kier alpha value is 2.80. The summed E-state index contributed by atoms with van der Waals surface area (Å²) in [5.41, 5.74) is 0. The van der Waals surface area contributed by atoms with E-state index in [0.717, 1.165) is 33.5 Å². The van der Waals surface area contributed by atoms with E-state index in [9.17, 15) is 0 Å². The number of thiol groups is 4. The summed E-state index contributed by atoms with van der Waals surface area (Å²) in [6.45, 7) is 0. The van der Waals surface area contributed by atoms with Crippen molar-refractivity contribution in [1.82, 2.24) is 0 Å². The molecule has 4 unspecified atom stereocenters. The van der Waals surface area contributed by atoms with E-state index in [4.69, 9.17) is 0 Å². The molecule has 0 saturated carbocycles. The molecule has 0 nitrogen and oxygen atoms in total. The van der Waals surface area contributed by atoms with E-state index >= 15 is 0 Å². The number of thioether (sulfide) groups is 4. The van der Waals surface area contributed by atoms with Gasteiger partial charge in [0, 0.05) is 67.0 Å². The molecule has 0 spiro atoms. The highest BCUT2D eigenvalue weighted by molar-refractivity contribution is 8.09. The van der Waals surface area contributed by atoms with Crippen LogP contribution in [0.25, 0.3) is 0 Å². The minimum Gasteiger partial charge on any atom is -0.178 e. The third kappa shape index (κ3) is 9.83. The predicted octanol–water partition coefficient (Wildman–Crippen LogP) is 4.13. The molecule has 1 aliphatic rings. The van der Waals surface area contributed by atoms with E-state index in [1.165, 1.54) is 23.0 Å². The predicted molar refractivity (Wildman–Crippen MR) is 120 cm³/mol. The minimum atomic E-state index is 0.440. The highest BCUT2D eigenvalue weighted by Crippen LogP contribution is 2.33. The molecular weight excluding hydrogens is 401 g/mol. The molecule has 0 N–H and O–H groups in total. The highest BCUT2D eigenvalue weighted by Gasteiger charge is 2.22. The monoisotopic (exact) mass is 424 g/mol. The Kier molecular flexibility index (Phi) is 13.7. The van der Waals surface area contributed by atoms with Crippen LogP contribution in [0.5, 0.6) is 0 Å². The van der Waals surface area contributed by atoms with Crippen LogP contribution in [0, 0.1) is 0 Å². The molecule has 4 atom stereocenters. The average molecular weight is 425 g/mol. The summed E-state index contributed by atoms with van der Waals surface area (Å²) in [6.07, 6.45) is 0. The van der Waals surface area contributed by atoms with Gasteiger partial charge in [-0.15, -0.1) is 0 Å². The van der Waals surface area contributed by atoms with Crippen LogP contribution in [0.4, 0.5) is 0 Å². The van der Waals surface area contributed by atoms with Gasteiger partial charge >= 0.3 is 0 Å². The SMILES string of the molecule is SCC(S)CSCC1CSC(CSCC(S)CS)CS1. The van der Waals surface area contributed by atoms with Gasteiger partial charge in [0.25, 0.3) is 0 Å². The minimum absolute atomic E-state index is 0.440. The van der Waals surface area contributed by atoms with Crippen molar-refractivity contribution in [1.29, 1.82) is 0 Å². The van der Waals surface area contributed by atoms with Crippen LogP contribution >= 0.6 is 97.6 Å². The summed E-state index contributed by atoms with van der Waals surface area (Å²) in [5, 5.41) is 2.52. The van der Waals surface area contributed by atoms with Crippen molar-refractivity contribution < 1.29 is 0 Å². The smallest absolute Gasteiger partial charge is 0.0229 e. The van der Waals surface area contributed by atoms with Gasteiger partial charge in [0.1, 0.15) is 0 Å². The van der Waals surface area contributed by atoms with E-state index in [0.29, 0.717) is 10.5 Å². The summed E-state index contributed by atoms with van der Waals surface area (Å²) in [7, 11) is 0. The van der Waals surface area contributed by atoms with E-state index < -0.39 is 0 Å². The van der Waals surface area contributed by atoms with Crippen LogP contribution < -0.4 is 0 Å². The van der Waals surface area contributed by atoms with Gasteiger partial charge in [0.2, 0.25) is 0 Å². The van der Waals surface area contributed by atoms with Gasteiger partial charge in [-0.2, -0.15) is 97.6 Å². The molecule has 20 heavy (non-hydrogen) atoms. The van der Waals surface area contributed by atoms with E-state index in [2.05, 4.69) is 74.0 Å². The molecule has 0 aromatic heterocycles. The lowest BCUT2D eigenvalue weighted by Gasteiger charge is -2.27. The van der Waals surface area contributed by atoms with Crippen LogP contribution in [0.15, 0.2) is 0 Å². The van der Waals surface area contributed by atoms with Gasteiger partial charge in [0.05, 0.1) is 0 Å². The topological polar surface area (TPSA) is 0 Å². The van der Waals surface area contributed by atoms with Gasteiger partial charge in [-0.25, -0.2) is 0 Å². The normalized spacial score (nSPS) is 26.4. The summed E-state index contributed by atoms with van der Waals surface area (Å²) in [6, 6.07) is 0. The lowest BCUT2D eigenvalue weighted by atomic mass is 10.5. The summed E-state index contributed by atoms with van der Waals surface area (Å²) >= 11 is 25.9. The Morgan fingerprint density at radius 1 is 0.850 bits per heavy atom. The Morgan fingerprint density at radius 2 is 1.25 bits per heavy atom. The molecule has 0 amide bonds. The van der Waals surface area contributed by atoms with Crippen LogP contribution in [0.1, 0.15) is 0 Å². The van der Waals surface area contributed by atoms with Crippen molar-refractivity contribution in [3.05, 3.63) is 0 Å². The molecule has 1 rings (SSSR count). The zero-order valence-electron chi connectivity index (χ0n) is 11.4. The second-order valence-corrected chi connectivity index (χ2v) is 11.7. The molecular formula is C12H24S8. The molecule has 1 saturated heterocycles. The van der Waals surface area contributed by atoms with Crippen molar-refractivity contribution in [3.8, 4) is 0 Å². The van der Waals surface area contributed by atoms with Crippen molar-refractivity contribution in [2.45, 2.75) is 21.0 Å². The van der Waals surface area contributed by atoms with Gasteiger partial charge in [-0.05, 0) is 0 Å². The fourth-order valence-corrected chi connectivity index (χ4v) is 8.70. The standard InChI is InChI=1S/C12H24S8/c13-1-9(15)3-17-5-11-7-20-12(8-19-11)6-18-4-10(16)2-14/h9-16H,1-8H2. The Balaban J connectivity index is 2.02. The quantitative estimate of drug-likeness (QED) is 0.389. The zero-order valence-corrected chi connectivity index (χ0v) is 18.2. The van der Waals surface area contributed by atoms with E-state index in [1.807, 2.05) is 23.5 Å². The van der Waals surface area contributed by atoms with Crippen molar-refractivity contribution in [2.75, 3.05) is 46.0 Å². The molecule has 1 fully saturated rings. The fourth-order valence-electron chi connectivity index (χ4n) is 1.55. The van der Waals surface area contributed by atoms with Gasteiger partial charge in [-0.3, -0.25) is 0 Å². The first-order valence-electron chi connectivity index (χ1n) is 6.62. The fraction of sp³-hybridized carbons (Fsp3) is 1.00. The second-order valence-electron chi connectivity index (χ2n) is 4.66. The Labute approximate surface area is 163 Å². The van der Waals surface area contributed by atoms with Crippen LogP contribution in [-0.2, 0) is 0 Å². The lowest BCUT2D eigenvalue weighted by Crippen LogP contribution is -2.25. The first-order valence-corrected chi connectivity index (χ1v) is 13.3. The van der Waals surface area contributed by atoms with Crippen molar-refractivity contribution in [2.24, 2.45) is 0 Å². The maximum atomic E-state index is 4.48. The summed E-state index contributed by atoms with van der Waals surface area (Å²) in [4.78, 5) is 0. The number of hydrogen-bond acceptors (Lipinski definition) is 8. The van der Waals surface area contributed by atoms with E-state index in [1.54, 1.807) is 0 Å². The Bertz CT molecular complexity index is 207. The van der Waals surface area contributed by atoms with Crippen LogP contribution in [-0.4, -0.2) is 67.0 Å². The summed E-state index contributed by atoms with van der Waals surface area (Å²) in [5.74, 6) is 9.14. The molecule has 0 bridgehead atoms. The van der Waals surface area contributed by atoms with Gasteiger partial charge < -0.3 is 0 Å². The van der Waals surface area contributed by atoms with E-state index in [-0.39, 0.29) is 0 Å². The third-order valence-corrected chi connectivity index (χ3v) is 11.6. The zero-order chi connectivity index (χ0) is 14.8. The molecule has 0 aliphatic carbocycles. The third-order valence-electron chi connectivity index (χ3n) is 2.69. The second kappa shape index (κ2) is 13.1. The largest absolute Gasteiger partial charge is 0.178 e. The number of hydrogen-bond donors (Lipinski definition) is 4. The molecule has 120 valence electrons. The maximum Gasteiger partial charge on any atom is 0.0229 e. The Morgan fingerprint density at radius 3 is 1.55 bits per heavy atom. The average Bonchev–Trinajstić information content (AvgIpc) is 2.48. The first kappa shape index (κ1) is 20.8. The summed E-state index contributed by atoms with van der Waals surface area (Å²) < 4.78 is 0. The van der Waals surface area contributed by atoms with Crippen molar-refractivity contribution >= 4 is 97.6 Å². The molecule has 0 radical (unpaired) electrons. The highest BCUT2D eigenvalue weighted by atomic mass is 32.2. The maximum absolute atomic E-state index is 4.48. The molecule has 1 heterocycles. The number of rotatable bonds is 10. The molecule has 8 heteroatoms. The molecule has 0 aromatic carbocycles. The molecule has 1 aliphatic heterocycles. The van der Waals surface area contributed by atoms with Crippen LogP contribution in [0.2, 0.25) is 0 Å². The lowest BCUT2D eigenvalue weighted by molar-refractivity contribution is 1.05. The van der Waals surface area contributed by atoms with Gasteiger partial charge in [0.15, 0.2) is 0 Å². The van der Waals surface area contributed by atoms with Gasteiger partial charge in [-0.1, -0.05) is 0 Å².